The van der Waals surface area contributed by atoms with Crippen molar-refractivity contribution in [3.63, 3.8) is 0 Å². The van der Waals surface area contributed by atoms with Gasteiger partial charge in [0.25, 0.3) is 0 Å². The number of hydrogen-bond donors (Lipinski definition) is 1. The fourth-order valence-electron chi connectivity index (χ4n) is 3.35. The van der Waals surface area contributed by atoms with E-state index >= 15 is 0 Å². The number of carbonyl (C=O) groups is 2. The molecule has 1 fully saturated rings. The highest BCUT2D eigenvalue weighted by atomic mass is 16.6. The number of ketones is 1. The Morgan fingerprint density at radius 1 is 0.964 bits per heavy atom. The summed E-state index contributed by atoms with van der Waals surface area (Å²) < 4.78 is 5.42. The lowest BCUT2D eigenvalue weighted by Crippen LogP contribution is -2.37. The van der Waals surface area contributed by atoms with Gasteiger partial charge in [0.1, 0.15) is 12.4 Å². The standard InChI is InChI=1S/C22H26N2O4/c1-17(25)12-20-13-24(22(26)27-15-18-8-4-2-5-9-18)14-21(20)23-28-16-19-10-6-3-7-11-19/h2-11,20-21,23H,12-16H2,1H3/t20-,21-/m1/s1. The number of Topliss-reactive ketones (excluding diaryl/α,β-unsaturated/α-hetero) is 1. The smallest absolute Gasteiger partial charge is 0.410 e. The van der Waals surface area contributed by atoms with E-state index < -0.39 is 0 Å². The van der Waals surface area contributed by atoms with Gasteiger partial charge in [0.15, 0.2) is 0 Å². The van der Waals surface area contributed by atoms with Crippen LogP contribution in [0.1, 0.15) is 24.5 Å². The molecule has 0 aromatic heterocycles. The molecule has 28 heavy (non-hydrogen) atoms. The zero-order chi connectivity index (χ0) is 19.8. The van der Waals surface area contributed by atoms with Gasteiger partial charge in [-0.25, -0.2) is 4.79 Å². The van der Waals surface area contributed by atoms with Gasteiger partial charge in [0, 0.05) is 25.4 Å². The number of hydroxylamine groups is 1. The van der Waals surface area contributed by atoms with Crippen molar-refractivity contribution in [3.05, 3.63) is 71.8 Å². The molecule has 0 unspecified atom stereocenters. The van der Waals surface area contributed by atoms with Crippen molar-refractivity contribution in [3.8, 4) is 0 Å². The van der Waals surface area contributed by atoms with Crippen molar-refractivity contribution in [2.24, 2.45) is 5.92 Å². The number of ether oxygens (including phenoxy) is 1. The summed E-state index contributed by atoms with van der Waals surface area (Å²) in [5, 5.41) is 0. The molecule has 1 amide bonds. The van der Waals surface area contributed by atoms with E-state index in [-0.39, 0.29) is 30.4 Å². The van der Waals surface area contributed by atoms with Crippen molar-refractivity contribution < 1.29 is 19.2 Å². The molecule has 6 heteroatoms. The number of nitrogens with zero attached hydrogens (tertiary/aromatic N) is 1. The zero-order valence-corrected chi connectivity index (χ0v) is 16.0. The average Bonchev–Trinajstić information content (AvgIpc) is 3.10. The molecule has 1 saturated heterocycles. The van der Waals surface area contributed by atoms with Crippen LogP contribution < -0.4 is 5.48 Å². The second-order valence-electron chi connectivity index (χ2n) is 7.11. The van der Waals surface area contributed by atoms with Crippen LogP contribution in [0.3, 0.4) is 0 Å². The average molecular weight is 382 g/mol. The molecule has 2 aromatic carbocycles. The lowest BCUT2D eigenvalue weighted by Gasteiger charge is -2.18. The first-order valence-corrected chi connectivity index (χ1v) is 9.48. The highest BCUT2D eigenvalue weighted by Crippen LogP contribution is 2.22. The van der Waals surface area contributed by atoms with E-state index in [0.29, 0.717) is 26.1 Å². The minimum absolute atomic E-state index is 0.00227. The summed E-state index contributed by atoms with van der Waals surface area (Å²) in [5.41, 5.74) is 5.03. The Morgan fingerprint density at radius 2 is 1.57 bits per heavy atom. The topological polar surface area (TPSA) is 67.9 Å². The maximum absolute atomic E-state index is 12.4. The summed E-state index contributed by atoms with van der Waals surface area (Å²) in [5.74, 6) is 0.0944. The normalized spacial score (nSPS) is 18.8. The van der Waals surface area contributed by atoms with Crippen LogP contribution in [-0.4, -0.2) is 35.9 Å². The van der Waals surface area contributed by atoms with Gasteiger partial charge >= 0.3 is 6.09 Å². The molecule has 3 rings (SSSR count). The van der Waals surface area contributed by atoms with E-state index in [0.717, 1.165) is 11.1 Å². The summed E-state index contributed by atoms with van der Waals surface area (Å²) in [6.45, 7) is 3.14. The molecule has 148 valence electrons. The second kappa shape index (κ2) is 10.0. The molecule has 1 heterocycles. The predicted octanol–water partition coefficient (Wildman–Crippen LogP) is 3.32. The van der Waals surface area contributed by atoms with Gasteiger partial charge in [-0.2, -0.15) is 5.48 Å². The number of carbonyl (C=O) groups excluding carboxylic acids is 2. The molecule has 0 bridgehead atoms. The molecule has 1 aliphatic rings. The van der Waals surface area contributed by atoms with Gasteiger partial charge in [-0.1, -0.05) is 60.7 Å². The Morgan fingerprint density at radius 3 is 2.18 bits per heavy atom. The van der Waals surface area contributed by atoms with Crippen molar-refractivity contribution >= 4 is 11.9 Å². The predicted molar refractivity (Wildman–Crippen MR) is 105 cm³/mol. The van der Waals surface area contributed by atoms with Crippen LogP contribution in [0.5, 0.6) is 0 Å². The summed E-state index contributed by atoms with van der Waals surface area (Å²) in [6.07, 6.45) is 0.0271. The molecular formula is C22H26N2O4. The Kier molecular flexibility index (Phi) is 7.17. The lowest BCUT2D eigenvalue weighted by atomic mass is 9.98. The maximum atomic E-state index is 12.4. The van der Waals surface area contributed by atoms with E-state index in [1.54, 1.807) is 11.8 Å². The van der Waals surface area contributed by atoms with E-state index in [1.807, 2.05) is 60.7 Å². The highest BCUT2D eigenvalue weighted by molar-refractivity contribution is 5.76. The van der Waals surface area contributed by atoms with Crippen molar-refractivity contribution in [2.45, 2.75) is 32.6 Å². The number of amides is 1. The number of likely N-dealkylation sites (tertiary alicyclic amines) is 1. The first-order valence-electron chi connectivity index (χ1n) is 9.48. The molecule has 0 saturated carbocycles. The van der Waals surface area contributed by atoms with Gasteiger partial charge in [-0.15, -0.1) is 0 Å². The quantitative estimate of drug-likeness (QED) is 0.710. The maximum Gasteiger partial charge on any atom is 0.410 e. The SMILES string of the molecule is CC(=O)C[C@@H]1CN(C(=O)OCc2ccccc2)C[C@H]1NOCc1ccccc1. The third kappa shape index (κ3) is 5.90. The van der Waals surface area contributed by atoms with E-state index in [2.05, 4.69) is 5.48 Å². The van der Waals surface area contributed by atoms with Crippen LogP contribution >= 0.6 is 0 Å². The monoisotopic (exact) mass is 382 g/mol. The fourth-order valence-corrected chi connectivity index (χ4v) is 3.35. The highest BCUT2D eigenvalue weighted by Gasteiger charge is 2.36. The summed E-state index contributed by atoms with van der Waals surface area (Å²) in [4.78, 5) is 31.3. The third-order valence-electron chi connectivity index (χ3n) is 4.77. The van der Waals surface area contributed by atoms with Gasteiger partial charge in [-0.3, -0.25) is 4.84 Å². The van der Waals surface area contributed by atoms with Crippen molar-refractivity contribution in [1.82, 2.24) is 10.4 Å². The van der Waals surface area contributed by atoms with Gasteiger partial charge < -0.3 is 14.4 Å². The zero-order valence-electron chi connectivity index (χ0n) is 16.0. The largest absolute Gasteiger partial charge is 0.445 e. The van der Waals surface area contributed by atoms with E-state index in [1.165, 1.54) is 0 Å². The van der Waals surface area contributed by atoms with Crippen LogP contribution in [0.2, 0.25) is 0 Å². The van der Waals surface area contributed by atoms with E-state index in [9.17, 15) is 9.59 Å². The van der Waals surface area contributed by atoms with Crippen LogP contribution in [0, 0.1) is 5.92 Å². The molecule has 0 spiro atoms. The number of rotatable bonds is 8. The van der Waals surface area contributed by atoms with Gasteiger partial charge in [0.2, 0.25) is 0 Å². The van der Waals surface area contributed by atoms with Crippen LogP contribution in [0.15, 0.2) is 60.7 Å². The molecule has 1 N–H and O–H groups in total. The van der Waals surface area contributed by atoms with Gasteiger partial charge in [0.05, 0.1) is 12.6 Å². The van der Waals surface area contributed by atoms with Crippen LogP contribution in [0.4, 0.5) is 4.79 Å². The minimum atomic E-state index is -0.371. The Hall–Kier alpha value is -2.70. The second-order valence-corrected chi connectivity index (χ2v) is 7.11. The van der Waals surface area contributed by atoms with Crippen molar-refractivity contribution in [2.75, 3.05) is 13.1 Å². The molecule has 2 aromatic rings. The summed E-state index contributed by atoms with van der Waals surface area (Å²) in [6, 6.07) is 19.3. The number of hydrogen-bond acceptors (Lipinski definition) is 5. The minimum Gasteiger partial charge on any atom is -0.445 e. The fraction of sp³-hybridized carbons (Fsp3) is 0.364. The summed E-state index contributed by atoms with van der Waals surface area (Å²) in [7, 11) is 0. The molecule has 2 atom stereocenters. The Labute approximate surface area is 165 Å². The van der Waals surface area contributed by atoms with Gasteiger partial charge in [-0.05, 0) is 18.1 Å². The number of benzene rings is 2. The summed E-state index contributed by atoms with van der Waals surface area (Å²) >= 11 is 0. The third-order valence-corrected chi connectivity index (χ3v) is 4.77. The Bertz CT molecular complexity index is 767. The Balaban J connectivity index is 1.52. The molecule has 0 radical (unpaired) electrons. The van der Waals surface area contributed by atoms with Crippen LogP contribution in [0.25, 0.3) is 0 Å². The molecule has 1 aliphatic heterocycles. The van der Waals surface area contributed by atoms with E-state index in [4.69, 9.17) is 9.57 Å². The lowest BCUT2D eigenvalue weighted by molar-refractivity contribution is -0.118. The molecular weight excluding hydrogens is 356 g/mol. The number of nitrogens with one attached hydrogen (secondary N) is 1. The molecule has 0 aliphatic carbocycles. The first-order chi connectivity index (χ1) is 13.6. The molecule has 6 nitrogen and oxygen atoms in total. The first kappa shape index (κ1) is 20.0. The van der Waals surface area contributed by atoms with Crippen molar-refractivity contribution in [1.29, 1.82) is 0 Å². The van der Waals surface area contributed by atoms with Crippen LogP contribution in [-0.2, 0) is 27.6 Å².